The second-order valence-corrected chi connectivity index (χ2v) is 5.41. The van der Waals surface area contributed by atoms with Gasteiger partial charge in [0, 0.05) is 12.3 Å². The molecule has 0 heterocycles. The zero-order valence-corrected chi connectivity index (χ0v) is 12.8. The molecular weight excluding hydrogens is 270 g/mol. The van der Waals surface area contributed by atoms with Crippen molar-refractivity contribution in [2.75, 3.05) is 11.9 Å². The summed E-state index contributed by atoms with van der Waals surface area (Å²) in [6.07, 6.45) is 0.202. The van der Waals surface area contributed by atoms with Crippen LogP contribution < -0.4 is 5.32 Å². The minimum absolute atomic E-state index is 0.126. The van der Waals surface area contributed by atoms with Crippen LogP contribution in [0.15, 0.2) is 24.3 Å². The first-order chi connectivity index (χ1) is 9.90. The van der Waals surface area contributed by atoms with Crippen molar-refractivity contribution in [1.29, 1.82) is 0 Å². The maximum Gasteiger partial charge on any atom is 0.307 e. The van der Waals surface area contributed by atoms with Crippen molar-refractivity contribution in [1.82, 2.24) is 0 Å². The van der Waals surface area contributed by atoms with E-state index in [2.05, 4.69) is 19.2 Å². The third-order valence-electron chi connectivity index (χ3n) is 3.05. The Morgan fingerprint density at radius 2 is 1.90 bits per heavy atom. The van der Waals surface area contributed by atoms with E-state index in [1.165, 1.54) is 0 Å². The van der Waals surface area contributed by atoms with E-state index in [9.17, 15) is 9.59 Å². The number of hydrogen-bond donors (Lipinski definition) is 2. The van der Waals surface area contributed by atoms with Gasteiger partial charge in [-0.05, 0) is 30.9 Å². The maximum absolute atomic E-state index is 12.0. The Bertz CT molecular complexity index is 485. The number of ether oxygens (including phenoxy) is 1. The van der Waals surface area contributed by atoms with Crippen LogP contribution in [0.4, 0.5) is 5.69 Å². The molecule has 1 aromatic carbocycles. The number of rotatable bonds is 8. The molecule has 0 saturated heterocycles. The summed E-state index contributed by atoms with van der Waals surface area (Å²) in [4.78, 5) is 22.9. The van der Waals surface area contributed by atoms with Gasteiger partial charge >= 0.3 is 5.97 Å². The van der Waals surface area contributed by atoms with Crippen molar-refractivity contribution in [2.45, 2.75) is 39.7 Å². The fourth-order valence-electron chi connectivity index (χ4n) is 1.75. The number of anilines is 1. The number of nitrogens with one attached hydrogen (secondary N) is 1. The Kier molecular flexibility index (Phi) is 6.88. The van der Waals surface area contributed by atoms with Crippen LogP contribution in [0.2, 0.25) is 0 Å². The number of carboxylic acids is 1. The predicted molar refractivity (Wildman–Crippen MR) is 81.3 cm³/mol. The molecule has 0 aliphatic heterocycles. The van der Waals surface area contributed by atoms with Crippen molar-refractivity contribution in [2.24, 2.45) is 5.92 Å². The van der Waals surface area contributed by atoms with E-state index in [1.807, 2.05) is 0 Å². The van der Waals surface area contributed by atoms with E-state index < -0.39 is 12.1 Å². The molecule has 1 rings (SSSR count). The summed E-state index contributed by atoms with van der Waals surface area (Å²) in [5.74, 6) is -0.675. The number of carbonyl (C=O) groups is 2. The summed E-state index contributed by atoms with van der Waals surface area (Å²) < 4.78 is 5.48. The Hall–Kier alpha value is -1.88. The quantitative estimate of drug-likeness (QED) is 0.772. The molecule has 0 bridgehead atoms. The first kappa shape index (κ1) is 17.2. The Labute approximate surface area is 125 Å². The standard InChI is InChI=1S/C16H23NO4/c1-11(2)8-9-21-12(3)16(20)17-14-7-5-4-6-13(14)10-15(18)19/h4-7,11-12H,8-10H2,1-3H3,(H,17,20)(H,18,19). The van der Waals surface area contributed by atoms with Crippen molar-refractivity contribution in [3.63, 3.8) is 0 Å². The van der Waals surface area contributed by atoms with E-state index in [4.69, 9.17) is 9.84 Å². The average molecular weight is 293 g/mol. The number of para-hydroxylation sites is 1. The molecule has 0 spiro atoms. The highest BCUT2D eigenvalue weighted by molar-refractivity contribution is 5.95. The van der Waals surface area contributed by atoms with Gasteiger partial charge in [0.15, 0.2) is 0 Å². The molecule has 1 aromatic rings. The lowest BCUT2D eigenvalue weighted by Crippen LogP contribution is -2.28. The van der Waals surface area contributed by atoms with Crippen LogP contribution in [-0.2, 0) is 20.7 Å². The topological polar surface area (TPSA) is 75.6 Å². The minimum atomic E-state index is -0.932. The monoisotopic (exact) mass is 293 g/mol. The number of aliphatic carboxylic acids is 1. The summed E-state index contributed by atoms with van der Waals surface area (Å²) >= 11 is 0. The number of benzene rings is 1. The molecule has 1 atom stereocenters. The Morgan fingerprint density at radius 3 is 2.52 bits per heavy atom. The van der Waals surface area contributed by atoms with Crippen molar-refractivity contribution in [3.8, 4) is 0 Å². The summed E-state index contributed by atoms with van der Waals surface area (Å²) in [6, 6.07) is 6.88. The molecule has 0 radical (unpaired) electrons. The molecule has 1 amide bonds. The van der Waals surface area contributed by atoms with Crippen LogP contribution in [-0.4, -0.2) is 29.7 Å². The Morgan fingerprint density at radius 1 is 1.24 bits per heavy atom. The highest BCUT2D eigenvalue weighted by Crippen LogP contribution is 2.16. The lowest BCUT2D eigenvalue weighted by atomic mass is 10.1. The van der Waals surface area contributed by atoms with Crippen LogP contribution >= 0.6 is 0 Å². The fraction of sp³-hybridized carbons (Fsp3) is 0.500. The molecule has 0 saturated carbocycles. The van der Waals surface area contributed by atoms with Crippen LogP contribution in [0.25, 0.3) is 0 Å². The summed E-state index contributed by atoms with van der Waals surface area (Å²) in [5, 5.41) is 11.6. The second kappa shape index (κ2) is 8.42. The van der Waals surface area contributed by atoms with E-state index >= 15 is 0 Å². The smallest absolute Gasteiger partial charge is 0.307 e. The first-order valence-corrected chi connectivity index (χ1v) is 7.12. The van der Waals surface area contributed by atoms with E-state index in [1.54, 1.807) is 31.2 Å². The SMILES string of the molecule is CC(C)CCOC(C)C(=O)Nc1ccccc1CC(=O)O. The zero-order valence-electron chi connectivity index (χ0n) is 12.8. The summed E-state index contributed by atoms with van der Waals surface area (Å²) in [7, 11) is 0. The maximum atomic E-state index is 12.0. The summed E-state index contributed by atoms with van der Waals surface area (Å²) in [6.45, 7) is 6.41. The minimum Gasteiger partial charge on any atom is -0.481 e. The third-order valence-corrected chi connectivity index (χ3v) is 3.05. The number of carboxylic acid groups (broad SMARTS) is 1. The van der Waals surface area contributed by atoms with E-state index in [0.29, 0.717) is 23.8 Å². The van der Waals surface area contributed by atoms with Gasteiger partial charge in [-0.15, -0.1) is 0 Å². The zero-order chi connectivity index (χ0) is 15.8. The van der Waals surface area contributed by atoms with Crippen LogP contribution in [0.3, 0.4) is 0 Å². The van der Waals surface area contributed by atoms with E-state index in [-0.39, 0.29) is 12.3 Å². The van der Waals surface area contributed by atoms with Crippen molar-refractivity contribution >= 4 is 17.6 Å². The number of carbonyl (C=O) groups excluding carboxylic acids is 1. The molecular formula is C16H23NO4. The molecule has 0 aliphatic carbocycles. The first-order valence-electron chi connectivity index (χ1n) is 7.12. The van der Waals surface area contributed by atoms with Gasteiger partial charge in [0.05, 0.1) is 6.42 Å². The van der Waals surface area contributed by atoms with Crippen LogP contribution in [0, 0.1) is 5.92 Å². The molecule has 1 unspecified atom stereocenters. The lowest BCUT2D eigenvalue weighted by Gasteiger charge is -2.15. The fourth-order valence-corrected chi connectivity index (χ4v) is 1.75. The van der Waals surface area contributed by atoms with E-state index in [0.717, 1.165) is 6.42 Å². The van der Waals surface area contributed by atoms with Gasteiger partial charge in [-0.1, -0.05) is 32.0 Å². The lowest BCUT2D eigenvalue weighted by molar-refractivity contribution is -0.136. The predicted octanol–water partition coefficient (Wildman–Crippen LogP) is 2.70. The molecule has 21 heavy (non-hydrogen) atoms. The molecule has 0 aromatic heterocycles. The van der Waals surface area contributed by atoms with Crippen molar-refractivity contribution < 1.29 is 19.4 Å². The second-order valence-electron chi connectivity index (χ2n) is 5.41. The number of hydrogen-bond acceptors (Lipinski definition) is 3. The van der Waals surface area contributed by atoms with Gasteiger partial charge < -0.3 is 15.2 Å². The van der Waals surface area contributed by atoms with Gasteiger partial charge in [-0.2, -0.15) is 0 Å². The highest BCUT2D eigenvalue weighted by Gasteiger charge is 2.15. The molecule has 5 nitrogen and oxygen atoms in total. The molecule has 5 heteroatoms. The average Bonchev–Trinajstić information content (AvgIpc) is 2.39. The molecule has 0 aliphatic rings. The molecule has 116 valence electrons. The van der Waals surface area contributed by atoms with Gasteiger partial charge in [0.2, 0.25) is 0 Å². The van der Waals surface area contributed by atoms with Gasteiger partial charge in [0.1, 0.15) is 6.10 Å². The summed E-state index contributed by atoms with van der Waals surface area (Å²) in [5.41, 5.74) is 1.09. The molecule has 2 N–H and O–H groups in total. The Balaban J connectivity index is 2.59. The van der Waals surface area contributed by atoms with Crippen molar-refractivity contribution in [3.05, 3.63) is 29.8 Å². The van der Waals surface area contributed by atoms with Crippen LogP contribution in [0.5, 0.6) is 0 Å². The van der Waals surface area contributed by atoms with Gasteiger partial charge in [-0.3, -0.25) is 9.59 Å². The highest BCUT2D eigenvalue weighted by atomic mass is 16.5. The van der Waals surface area contributed by atoms with Gasteiger partial charge in [-0.25, -0.2) is 0 Å². The molecule has 0 fully saturated rings. The largest absolute Gasteiger partial charge is 0.481 e. The van der Waals surface area contributed by atoms with Gasteiger partial charge in [0.25, 0.3) is 5.91 Å². The number of amides is 1. The third kappa shape index (κ3) is 6.40. The normalized spacial score (nSPS) is 12.2. The van der Waals surface area contributed by atoms with Crippen LogP contribution in [0.1, 0.15) is 32.8 Å².